The summed E-state index contributed by atoms with van der Waals surface area (Å²) in [5.41, 5.74) is 5.04. The standard InChI is InChI=1S/C25H33N3O/c1-24(2,3)19-13-17(14-20(22(19)29)25(4,5)6)15-26-23-27-16-21(28(23)7)18-11-9-8-10-12-18/h8-14,16,29H,15H2,1-7H3,(H,26,27). The number of hydrogen-bond donors (Lipinski definition) is 2. The number of rotatable bonds is 4. The zero-order valence-corrected chi connectivity index (χ0v) is 18.7. The number of phenols is 1. The van der Waals surface area contributed by atoms with Crippen LogP contribution >= 0.6 is 0 Å². The average Bonchev–Trinajstić information content (AvgIpc) is 3.00. The number of benzene rings is 2. The van der Waals surface area contributed by atoms with Gasteiger partial charge < -0.3 is 15.0 Å². The van der Waals surface area contributed by atoms with E-state index in [1.807, 2.05) is 31.4 Å². The molecule has 29 heavy (non-hydrogen) atoms. The summed E-state index contributed by atoms with van der Waals surface area (Å²) in [7, 11) is 2.02. The van der Waals surface area contributed by atoms with Crippen molar-refractivity contribution in [1.82, 2.24) is 9.55 Å². The maximum Gasteiger partial charge on any atom is 0.203 e. The van der Waals surface area contributed by atoms with Crippen molar-refractivity contribution in [3.63, 3.8) is 0 Å². The van der Waals surface area contributed by atoms with E-state index in [1.165, 1.54) is 0 Å². The number of imidazole rings is 1. The van der Waals surface area contributed by atoms with Gasteiger partial charge in [-0.1, -0.05) is 71.9 Å². The lowest BCUT2D eigenvalue weighted by Crippen LogP contribution is -2.18. The molecular formula is C25H33N3O. The van der Waals surface area contributed by atoms with E-state index >= 15 is 0 Å². The number of aromatic hydroxyl groups is 1. The van der Waals surface area contributed by atoms with E-state index in [-0.39, 0.29) is 10.8 Å². The smallest absolute Gasteiger partial charge is 0.203 e. The first-order valence-electron chi connectivity index (χ1n) is 10.2. The van der Waals surface area contributed by atoms with Crippen LogP contribution in [0.25, 0.3) is 11.3 Å². The Balaban J connectivity index is 1.91. The van der Waals surface area contributed by atoms with Crippen LogP contribution < -0.4 is 5.32 Å². The minimum atomic E-state index is -0.135. The summed E-state index contributed by atoms with van der Waals surface area (Å²) in [6.45, 7) is 13.5. The molecule has 2 aromatic carbocycles. The van der Waals surface area contributed by atoms with Crippen LogP contribution in [-0.2, 0) is 24.4 Å². The number of anilines is 1. The summed E-state index contributed by atoms with van der Waals surface area (Å²) in [5.74, 6) is 1.24. The molecule has 0 atom stereocenters. The van der Waals surface area contributed by atoms with Crippen molar-refractivity contribution in [3.8, 4) is 17.0 Å². The van der Waals surface area contributed by atoms with E-state index < -0.39 is 0 Å². The SMILES string of the molecule is Cn1c(-c2ccccc2)cnc1NCc1cc(C(C)(C)C)c(O)c(C(C)(C)C)c1. The van der Waals surface area contributed by atoms with E-state index in [4.69, 9.17) is 0 Å². The molecular weight excluding hydrogens is 358 g/mol. The molecule has 0 radical (unpaired) electrons. The normalized spacial score (nSPS) is 12.2. The predicted octanol–water partition coefficient (Wildman–Crippen LogP) is 6.00. The first-order chi connectivity index (χ1) is 13.5. The van der Waals surface area contributed by atoms with Gasteiger partial charge in [-0.05, 0) is 45.2 Å². The van der Waals surface area contributed by atoms with Gasteiger partial charge in [0.2, 0.25) is 5.95 Å². The summed E-state index contributed by atoms with van der Waals surface area (Å²) in [6.07, 6.45) is 1.90. The molecule has 0 aliphatic heterocycles. The monoisotopic (exact) mass is 391 g/mol. The van der Waals surface area contributed by atoms with E-state index in [0.717, 1.165) is 33.9 Å². The second kappa shape index (κ2) is 7.58. The molecule has 4 heteroatoms. The molecule has 4 nitrogen and oxygen atoms in total. The van der Waals surface area contributed by atoms with Gasteiger partial charge in [0, 0.05) is 13.6 Å². The number of phenolic OH excluding ortho intramolecular Hbond substituents is 1. The Morgan fingerprint density at radius 1 is 0.931 bits per heavy atom. The molecule has 154 valence electrons. The van der Waals surface area contributed by atoms with Gasteiger partial charge in [0.15, 0.2) is 0 Å². The molecule has 0 aliphatic rings. The van der Waals surface area contributed by atoms with Gasteiger partial charge in [-0.15, -0.1) is 0 Å². The van der Waals surface area contributed by atoms with Crippen molar-refractivity contribution in [2.75, 3.05) is 5.32 Å². The Kier molecular flexibility index (Phi) is 5.48. The first kappa shape index (κ1) is 21.0. The van der Waals surface area contributed by atoms with E-state index in [1.54, 1.807) is 0 Å². The van der Waals surface area contributed by atoms with Crippen molar-refractivity contribution >= 4 is 5.95 Å². The van der Waals surface area contributed by atoms with Gasteiger partial charge in [-0.2, -0.15) is 0 Å². The molecule has 1 heterocycles. The Bertz CT molecular complexity index is 954. The zero-order valence-electron chi connectivity index (χ0n) is 18.7. The molecule has 3 rings (SSSR count). The van der Waals surface area contributed by atoms with Crippen LogP contribution in [0.1, 0.15) is 58.2 Å². The van der Waals surface area contributed by atoms with Gasteiger partial charge in [0.05, 0.1) is 11.9 Å². The fourth-order valence-corrected chi connectivity index (χ4v) is 3.57. The van der Waals surface area contributed by atoms with Crippen molar-refractivity contribution in [1.29, 1.82) is 0 Å². The fraction of sp³-hybridized carbons (Fsp3) is 0.400. The molecule has 0 spiro atoms. The Morgan fingerprint density at radius 3 is 2.00 bits per heavy atom. The summed E-state index contributed by atoms with van der Waals surface area (Å²) in [5, 5.41) is 14.4. The highest BCUT2D eigenvalue weighted by Gasteiger charge is 2.26. The molecule has 0 saturated carbocycles. The summed E-state index contributed by atoms with van der Waals surface area (Å²) in [4.78, 5) is 4.57. The lowest BCUT2D eigenvalue weighted by molar-refractivity contribution is 0.423. The maximum absolute atomic E-state index is 10.9. The first-order valence-corrected chi connectivity index (χ1v) is 10.2. The lowest BCUT2D eigenvalue weighted by Gasteiger charge is -2.28. The van der Waals surface area contributed by atoms with Gasteiger partial charge in [0.25, 0.3) is 0 Å². The van der Waals surface area contributed by atoms with Crippen molar-refractivity contribution in [2.45, 2.75) is 58.9 Å². The molecule has 1 aromatic heterocycles. The van der Waals surface area contributed by atoms with Crippen molar-refractivity contribution in [2.24, 2.45) is 7.05 Å². The number of nitrogens with one attached hydrogen (secondary N) is 1. The highest BCUT2D eigenvalue weighted by molar-refractivity contribution is 5.61. The van der Waals surface area contributed by atoms with Gasteiger partial charge in [-0.25, -0.2) is 4.98 Å². The highest BCUT2D eigenvalue weighted by Crippen LogP contribution is 2.39. The largest absolute Gasteiger partial charge is 0.507 e. The Labute approximate surface area is 174 Å². The fourth-order valence-electron chi connectivity index (χ4n) is 3.57. The topological polar surface area (TPSA) is 50.1 Å². The number of aromatic nitrogens is 2. The second-order valence-corrected chi connectivity index (χ2v) is 9.79. The molecule has 0 fully saturated rings. The quantitative estimate of drug-likeness (QED) is 0.573. The van der Waals surface area contributed by atoms with Crippen LogP contribution in [0.2, 0.25) is 0 Å². The van der Waals surface area contributed by atoms with Gasteiger partial charge in [-0.3, -0.25) is 0 Å². The minimum absolute atomic E-state index is 0.135. The molecule has 0 saturated heterocycles. The predicted molar refractivity (Wildman–Crippen MR) is 121 cm³/mol. The third-order valence-corrected chi connectivity index (χ3v) is 5.29. The van der Waals surface area contributed by atoms with E-state index in [0.29, 0.717) is 12.3 Å². The van der Waals surface area contributed by atoms with Crippen LogP contribution in [0.5, 0.6) is 5.75 Å². The molecule has 3 aromatic rings. The summed E-state index contributed by atoms with van der Waals surface area (Å²) < 4.78 is 2.07. The minimum Gasteiger partial charge on any atom is -0.507 e. The molecule has 0 unspecified atom stereocenters. The number of hydrogen-bond acceptors (Lipinski definition) is 3. The van der Waals surface area contributed by atoms with Crippen molar-refractivity contribution in [3.05, 3.63) is 65.4 Å². The maximum atomic E-state index is 10.9. The highest BCUT2D eigenvalue weighted by atomic mass is 16.3. The molecule has 0 bridgehead atoms. The van der Waals surface area contributed by atoms with Gasteiger partial charge in [0.1, 0.15) is 5.75 Å². The number of nitrogens with zero attached hydrogens (tertiary/aromatic N) is 2. The third-order valence-electron chi connectivity index (χ3n) is 5.29. The Hall–Kier alpha value is -2.75. The summed E-state index contributed by atoms with van der Waals surface area (Å²) >= 11 is 0. The van der Waals surface area contributed by atoms with Crippen LogP contribution in [0.4, 0.5) is 5.95 Å². The van der Waals surface area contributed by atoms with Crippen LogP contribution in [0, 0.1) is 0 Å². The van der Waals surface area contributed by atoms with E-state index in [2.05, 4.69) is 80.7 Å². The molecule has 0 amide bonds. The molecule has 2 N–H and O–H groups in total. The average molecular weight is 392 g/mol. The van der Waals surface area contributed by atoms with E-state index in [9.17, 15) is 5.11 Å². The second-order valence-electron chi connectivity index (χ2n) is 9.79. The van der Waals surface area contributed by atoms with Crippen molar-refractivity contribution < 1.29 is 5.11 Å². The lowest BCUT2D eigenvalue weighted by atomic mass is 9.78. The van der Waals surface area contributed by atoms with Gasteiger partial charge >= 0.3 is 0 Å². The molecule has 0 aliphatic carbocycles. The summed E-state index contributed by atoms with van der Waals surface area (Å²) in [6, 6.07) is 14.5. The zero-order chi connectivity index (χ0) is 21.4. The van der Waals surface area contributed by atoms with Crippen LogP contribution in [0.15, 0.2) is 48.7 Å². The van der Waals surface area contributed by atoms with Crippen LogP contribution in [0.3, 0.4) is 0 Å². The third kappa shape index (κ3) is 4.47. The Morgan fingerprint density at radius 2 is 1.48 bits per heavy atom. The van der Waals surface area contributed by atoms with Crippen LogP contribution in [-0.4, -0.2) is 14.7 Å².